The van der Waals surface area contributed by atoms with E-state index in [0.717, 1.165) is 5.56 Å². The fourth-order valence-corrected chi connectivity index (χ4v) is 3.56. The van der Waals surface area contributed by atoms with Crippen LogP contribution in [0.2, 0.25) is 0 Å². The average molecular weight is 394 g/mol. The van der Waals surface area contributed by atoms with Crippen molar-refractivity contribution in [2.45, 2.75) is 19.4 Å². The highest BCUT2D eigenvalue weighted by molar-refractivity contribution is 5.99. The monoisotopic (exact) mass is 394 g/mol. The van der Waals surface area contributed by atoms with Crippen molar-refractivity contribution in [2.24, 2.45) is 0 Å². The van der Waals surface area contributed by atoms with Crippen molar-refractivity contribution in [2.75, 3.05) is 21.3 Å². The second kappa shape index (κ2) is 6.88. The summed E-state index contributed by atoms with van der Waals surface area (Å²) in [5.74, 6) is 2.19. The van der Waals surface area contributed by atoms with Gasteiger partial charge in [-0.2, -0.15) is 0 Å². The maximum atomic E-state index is 12.9. The normalized spacial score (nSPS) is 14.2. The van der Waals surface area contributed by atoms with E-state index in [1.807, 2.05) is 26.0 Å². The summed E-state index contributed by atoms with van der Waals surface area (Å²) in [6.45, 7) is 3.90. The van der Waals surface area contributed by atoms with Gasteiger partial charge in [-0.3, -0.25) is 0 Å². The van der Waals surface area contributed by atoms with Crippen molar-refractivity contribution in [1.82, 2.24) is 0 Å². The second-order valence-electron chi connectivity index (χ2n) is 7.26. The first-order chi connectivity index (χ1) is 13.9. The summed E-state index contributed by atoms with van der Waals surface area (Å²) < 4.78 is 28.3. The van der Waals surface area contributed by atoms with E-state index in [2.05, 4.69) is 0 Å². The third-order valence-corrected chi connectivity index (χ3v) is 4.92. The number of hydrogen-bond acceptors (Lipinski definition) is 6. The zero-order chi connectivity index (χ0) is 20.8. The van der Waals surface area contributed by atoms with Gasteiger partial charge in [-0.25, -0.2) is 4.79 Å². The summed E-state index contributed by atoms with van der Waals surface area (Å²) in [7, 11) is 4.68. The zero-order valence-electron chi connectivity index (χ0n) is 17.0. The highest BCUT2D eigenvalue weighted by atomic mass is 16.5. The highest BCUT2D eigenvalue weighted by Gasteiger charge is 2.29. The van der Waals surface area contributed by atoms with Crippen molar-refractivity contribution < 1.29 is 23.4 Å². The van der Waals surface area contributed by atoms with E-state index >= 15 is 0 Å². The molecule has 1 aromatic heterocycles. The smallest absolute Gasteiger partial charge is 0.347 e. The van der Waals surface area contributed by atoms with E-state index in [4.69, 9.17) is 23.4 Å². The molecule has 2 aromatic carbocycles. The van der Waals surface area contributed by atoms with Gasteiger partial charge in [0.05, 0.1) is 26.9 Å². The standard InChI is InChI=1S/C23H22O6/c1-23(2)11-10-15-16(29-23)12-17-19(20(15)26-4)21(27-5)18(22(24)28-17)13-6-8-14(25-3)9-7-13/h6-12H,1-5H3. The van der Waals surface area contributed by atoms with Crippen LogP contribution in [0.25, 0.3) is 28.2 Å². The van der Waals surface area contributed by atoms with Crippen molar-refractivity contribution in [1.29, 1.82) is 0 Å². The minimum absolute atomic E-state index is 0.321. The van der Waals surface area contributed by atoms with E-state index in [0.29, 0.717) is 45.1 Å². The Morgan fingerprint density at radius 2 is 1.62 bits per heavy atom. The lowest BCUT2D eigenvalue weighted by atomic mass is 9.98. The lowest BCUT2D eigenvalue weighted by Gasteiger charge is -2.29. The van der Waals surface area contributed by atoms with Crippen LogP contribution in [0.3, 0.4) is 0 Å². The molecule has 0 aliphatic carbocycles. The molecule has 29 heavy (non-hydrogen) atoms. The van der Waals surface area contributed by atoms with E-state index in [1.165, 1.54) is 7.11 Å². The van der Waals surface area contributed by atoms with Gasteiger partial charge in [-0.1, -0.05) is 12.1 Å². The minimum Gasteiger partial charge on any atom is -0.497 e. The van der Waals surface area contributed by atoms with Crippen LogP contribution >= 0.6 is 0 Å². The topological polar surface area (TPSA) is 67.1 Å². The lowest BCUT2D eigenvalue weighted by Crippen LogP contribution is -2.27. The van der Waals surface area contributed by atoms with Crippen LogP contribution in [-0.4, -0.2) is 26.9 Å². The Balaban J connectivity index is 2.05. The first kappa shape index (κ1) is 18.9. The van der Waals surface area contributed by atoms with Crippen LogP contribution in [0.4, 0.5) is 0 Å². The minimum atomic E-state index is -0.507. The quantitative estimate of drug-likeness (QED) is 0.599. The molecule has 0 radical (unpaired) electrons. The summed E-state index contributed by atoms with van der Waals surface area (Å²) in [6.07, 6.45) is 3.91. The molecular formula is C23H22O6. The van der Waals surface area contributed by atoms with Gasteiger partial charge in [0.25, 0.3) is 0 Å². The van der Waals surface area contributed by atoms with E-state index in [-0.39, 0.29) is 0 Å². The van der Waals surface area contributed by atoms with Crippen molar-refractivity contribution >= 4 is 17.0 Å². The van der Waals surface area contributed by atoms with Gasteiger partial charge in [0, 0.05) is 6.07 Å². The molecule has 0 bridgehead atoms. The molecule has 2 heterocycles. The van der Waals surface area contributed by atoms with Gasteiger partial charge in [-0.15, -0.1) is 0 Å². The number of ether oxygens (including phenoxy) is 4. The van der Waals surface area contributed by atoms with Crippen LogP contribution in [0.5, 0.6) is 23.0 Å². The van der Waals surface area contributed by atoms with Crippen LogP contribution in [0.1, 0.15) is 19.4 Å². The van der Waals surface area contributed by atoms with Gasteiger partial charge in [-0.05, 0) is 43.7 Å². The molecule has 4 rings (SSSR count). The molecule has 1 aliphatic rings. The van der Waals surface area contributed by atoms with Crippen molar-refractivity contribution in [3.8, 4) is 34.1 Å². The van der Waals surface area contributed by atoms with Crippen molar-refractivity contribution in [3.05, 3.63) is 52.4 Å². The molecule has 0 atom stereocenters. The third kappa shape index (κ3) is 3.10. The molecule has 0 saturated carbocycles. The summed E-state index contributed by atoms with van der Waals surface area (Å²) in [5, 5.41) is 0.576. The van der Waals surface area contributed by atoms with Gasteiger partial charge in [0.1, 0.15) is 45.1 Å². The summed E-state index contributed by atoms with van der Waals surface area (Å²) in [4.78, 5) is 12.9. The maximum absolute atomic E-state index is 12.9. The summed E-state index contributed by atoms with van der Waals surface area (Å²) in [6, 6.07) is 8.84. The van der Waals surface area contributed by atoms with Gasteiger partial charge in [0.15, 0.2) is 0 Å². The molecule has 1 aliphatic heterocycles. The molecule has 0 unspecified atom stereocenters. The Bertz CT molecular complexity index is 1170. The second-order valence-corrected chi connectivity index (χ2v) is 7.26. The van der Waals surface area contributed by atoms with Crippen LogP contribution in [0.15, 0.2) is 45.6 Å². The Kier molecular flexibility index (Phi) is 4.49. The Morgan fingerprint density at radius 3 is 2.24 bits per heavy atom. The fraction of sp³-hybridized carbons (Fsp3) is 0.261. The number of methoxy groups -OCH3 is 3. The predicted molar refractivity (Wildman–Crippen MR) is 111 cm³/mol. The third-order valence-electron chi connectivity index (χ3n) is 4.92. The largest absolute Gasteiger partial charge is 0.497 e. The van der Waals surface area contributed by atoms with Crippen LogP contribution < -0.4 is 24.6 Å². The highest BCUT2D eigenvalue weighted by Crippen LogP contribution is 2.47. The maximum Gasteiger partial charge on any atom is 0.347 e. The van der Waals surface area contributed by atoms with Gasteiger partial charge >= 0.3 is 5.63 Å². The number of benzene rings is 2. The number of hydrogen-bond donors (Lipinski definition) is 0. The molecule has 0 amide bonds. The molecule has 3 aromatic rings. The molecule has 0 saturated heterocycles. The zero-order valence-corrected chi connectivity index (χ0v) is 17.0. The first-order valence-corrected chi connectivity index (χ1v) is 9.17. The van der Waals surface area contributed by atoms with E-state index in [9.17, 15) is 4.79 Å². The van der Waals surface area contributed by atoms with Gasteiger partial charge < -0.3 is 23.4 Å². The fourth-order valence-electron chi connectivity index (χ4n) is 3.56. The van der Waals surface area contributed by atoms with E-state index in [1.54, 1.807) is 44.6 Å². The van der Waals surface area contributed by atoms with Gasteiger partial charge in [0.2, 0.25) is 0 Å². The van der Waals surface area contributed by atoms with Crippen LogP contribution in [0, 0.1) is 0 Å². The SMILES string of the molecule is COc1ccc(-c2c(OC)c3c(OC)c4c(cc3oc2=O)OC(C)(C)C=C4)cc1. The molecule has 6 nitrogen and oxygen atoms in total. The Hall–Kier alpha value is -3.41. The Morgan fingerprint density at radius 1 is 0.931 bits per heavy atom. The van der Waals surface area contributed by atoms with Crippen LogP contribution in [-0.2, 0) is 0 Å². The summed E-state index contributed by atoms with van der Waals surface area (Å²) >= 11 is 0. The molecular weight excluding hydrogens is 372 g/mol. The molecule has 0 N–H and O–H groups in total. The molecule has 150 valence electrons. The molecule has 0 spiro atoms. The molecule has 0 fully saturated rings. The Labute approximate surface area is 168 Å². The first-order valence-electron chi connectivity index (χ1n) is 9.17. The predicted octanol–water partition coefficient (Wildman–Crippen LogP) is 4.67. The number of fused-ring (bicyclic) bond motifs is 2. The van der Waals surface area contributed by atoms with Crippen molar-refractivity contribution in [3.63, 3.8) is 0 Å². The lowest BCUT2D eigenvalue weighted by molar-refractivity contribution is 0.158. The summed E-state index contributed by atoms with van der Waals surface area (Å²) in [5.41, 5.74) is 1.11. The number of rotatable bonds is 4. The average Bonchev–Trinajstić information content (AvgIpc) is 2.70. The molecule has 6 heteroatoms. The van der Waals surface area contributed by atoms with E-state index < -0.39 is 11.2 Å².